The average molecular weight is 252 g/mol. The summed E-state index contributed by atoms with van der Waals surface area (Å²) in [6, 6.07) is 3.28. The summed E-state index contributed by atoms with van der Waals surface area (Å²) in [7, 11) is 0. The summed E-state index contributed by atoms with van der Waals surface area (Å²) < 4.78 is 4.96. The molecule has 1 aromatic heterocycles. The van der Waals surface area contributed by atoms with Crippen LogP contribution in [-0.2, 0) is 4.79 Å². The zero-order valence-corrected chi connectivity index (χ0v) is 10.0. The molecule has 0 radical (unpaired) electrons. The minimum absolute atomic E-state index is 0.0785. The van der Waals surface area contributed by atoms with Crippen LogP contribution in [0.1, 0.15) is 19.0 Å². The van der Waals surface area contributed by atoms with E-state index in [0.717, 1.165) is 0 Å². The van der Waals surface area contributed by atoms with Gasteiger partial charge in [0.2, 0.25) is 0 Å². The van der Waals surface area contributed by atoms with Gasteiger partial charge in [-0.3, -0.25) is 15.2 Å². The summed E-state index contributed by atoms with van der Waals surface area (Å²) >= 11 is 4.57. The number of nitrogens with zero attached hydrogens (tertiary/aromatic N) is 2. The Morgan fingerprint density at radius 2 is 2.47 bits per heavy atom. The predicted octanol–water partition coefficient (Wildman–Crippen LogP) is 0.564. The summed E-state index contributed by atoms with van der Waals surface area (Å²) in [5, 5.41) is 3.81. The van der Waals surface area contributed by atoms with E-state index in [1.807, 2.05) is 0 Å². The molecular weight excluding hydrogens is 240 g/mol. The highest BCUT2D eigenvalue weighted by Gasteiger charge is 2.01. The SMILES string of the molecule is CCC(=O)Oc1ccc(/C=N\NC(N)=S)nc1. The minimum Gasteiger partial charge on any atom is -0.425 e. The minimum atomic E-state index is -0.302. The first kappa shape index (κ1) is 13.0. The van der Waals surface area contributed by atoms with E-state index >= 15 is 0 Å². The molecule has 7 heteroatoms. The lowest BCUT2D eigenvalue weighted by Crippen LogP contribution is -2.24. The highest BCUT2D eigenvalue weighted by atomic mass is 32.1. The van der Waals surface area contributed by atoms with Gasteiger partial charge < -0.3 is 10.5 Å². The number of rotatable bonds is 4. The Morgan fingerprint density at radius 1 is 1.71 bits per heavy atom. The van der Waals surface area contributed by atoms with Gasteiger partial charge in [0.1, 0.15) is 5.75 Å². The van der Waals surface area contributed by atoms with Crippen molar-refractivity contribution < 1.29 is 9.53 Å². The second kappa shape index (κ2) is 6.54. The van der Waals surface area contributed by atoms with Gasteiger partial charge >= 0.3 is 5.97 Å². The molecule has 1 heterocycles. The lowest BCUT2D eigenvalue weighted by atomic mass is 10.3. The van der Waals surface area contributed by atoms with E-state index in [0.29, 0.717) is 17.9 Å². The second-order valence-corrected chi connectivity index (χ2v) is 3.42. The molecule has 90 valence electrons. The van der Waals surface area contributed by atoms with Crippen molar-refractivity contribution in [1.29, 1.82) is 0 Å². The van der Waals surface area contributed by atoms with Crippen molar-refractivity contribution in [3.05, 3.63) is 24.0 Å². The Morgan fingerprint density at radius 3 is 3.00 bits per heavy atom. The van der Waals surface area contributed by atoms with Crippen molar-refractivity contribution in [1.82, 2.24) is 10.4 Å². The lowest BCUT2D eigenvalue weighted by molar-refractivity contribution is -0.134. The van der Waals surface area contributed by atoms with Crippen molar-refractivity contribution in [3.8, 4) is 5.75 Å². The number of nitrogens with two attached hydrogens (primary N) is 1. The van der Waals surface area contributed by atoms with Crippen molar-refractivity contribution in [2.24, 2.45) is 10.8 Å². The van der Waals surface area contributed by atoms with Gasteiger partial charge in [-0.25, -0.2) is 0 Å². The standard InChI is InChI=1S/C10H12N4O2S/c1-2-9(15)16-8-4-3-7(12-6-8)5-13-14-10(11)17/h3-6H,2H2,1H3,(H3,11,14,17)/b13-5-. The maximum Gasteiger partial charge on any atom is 0.310 e. The molecule has 0 amide bonds. The maximum atomic E-state index is 11.0. The zero-order valence-electron chi connectivity index (χ0n) is 9.21. The van der Waals surface area contributed by atoms with Crippen molar-refractivity contribution >= 4 is 29.5 Å². The number of aromatic nitrogens is 1. The topological polar surface area (TPSA) is 89.6 Å². The summed E-state index contributed by atoms with van der Waals surface area (Å²) in [5.74, 6) is 0.0969. The Balaban J connectivity index is 2.58. The average Bonchev–Trinajstić information content (AvgIpc) is 2.31. The Hall–Kier alpha value is -2.02. The molecule has 0 unspecified atom stereocenters. The van der Waals surface area contributed by atoms with Crippen LogP contribution in [-0.4, -0.2) is 22.3 Å². The molecule has 0 aliphatic rings. The van der Waals surface area contributed by atoms with Gasteiger partial charge in [0, 0.05) is 6.42 Å². The van der Waals surface area contributed by atoms with Gasteiger partial charge in [-0.15, -0.1) is 0 Å². The zero-order chi connectivity index (χ0) is 12.7. The van der Waals surface area contributed by atoms with Crippen molar-refractivity contribution in [2.45, 2.75) is 13.3 Å². The van der Waals surface area contributed by atoms with Crippen LogP contribution in [0, 0.1) is 0 Å². The molecule has 1 aromatic rings. The molecule has 0 atom stereocenters. The first-order valence-electron chi connectivity index (χ1n) is 4.87. The normalized spacial score (nSPS) is 10.2. The third kappa shape index (κ3) is 5.03. The number of pyridine rings is 1. The fourth-order valence-corrected chi connectivity index (χ4v) is 0.947. The lowest BCUT2D eigenvalue weighted by Gasteiger charge is -2.01. The summed E-state index contributed by atoms with van der Waals surface area (Å²) in [5.41, 5.74) is 8.17. The molecule has 0 saturated heterocycles. The van der Waals surface area contributed by atoms with Crippen LogP contribution in [0.3, 0.4) is 0 Å². The van der Waals surface area contributed by atoms with Gasteiger partial charge in [0.15, 0.2) is 5.11 Å². The monoisotopic (exact) mass is 252 g/mol. The highest BCUT2D eigenvalue weighted by molar-refractivity contribution is 7.80. The Kier molecular flexibility index (Phi) is 5.02. The van der Waals surface area contributed by atoms with Gasteiger partial charge in [-0.1, -0.05) is 6.92 Å². The second-order valence-electron chi connectivity index (χ2n) is 2.98. The number of carbonyl (C=O) groups is 1. The van der Waals surface area contributed by atoms with Gasteiger partial charge in [0.25, 0.3) is 0 Å². The van der Waals surface area contributed by atoms with Crippen LogP contribution in [0.25, 0.3) is 0 Å². The highest BCUT2D eigenvalue weighted by Crippen LogP contribution is 2.08. The van der Waals surface area contributed by atoms with Crippen LogP contribution in [0.15, 0.2) is 23.4 Å². The predicted molar refractivity (Wildman–Crippen MR) is 67.7 cm³/mol. The Labute approximate surface area is 104 Å². The van der Waals surface area contributed by atoms with Gasteiger partial charge in [-0.05, 0) is 24.4 Å². The summed E-state index contributed by atoms with van der Waals surface area (Å²) in [4.78, 5) is 15.0. The molecule has 0 bridgehead atoms. The third-order valence-electron chi connectivity index (χ3n) is 1.65. The van der Waals surface area contributed by atoms with Crippen LogP contribution in [0.4, 0.5) is 0 Å². The molecule has 0 saturated carbocycles. The summed E-state index contributed by atoms with van der Waals surface area (Å²) in [6.45, 7) is 1.72. The van der Waals surface area contributed by atoms with Gasteiger partial charge in [0.05, 0.1) is 18.1 Å². The van der Waals surface area contributed by atoms with E-state index < -0.39 is 0 Å². The van der Waals surface area contributed by atoms with E-state index in [1.165, 1.54) is 12.4 Å². The number of ether oxygens (including phenoxy) is 1. The largest absolute Gasteiger partial charge is 0.425 e. The van der Waals surface area contributed by atoms with Crippen LogP contribution >= 0.6 is 12.2 Å². The van der Waals surface area contributed by atoms with Crippen molar-refractivity contribution in [3.63, 3.8) is 0 Å². The van der Waals surface area contributed by atoms with Crippen LogP contribution < -0.4 is 15.9 Å². The number of hydrazone groups is 1. The van der Waals surface area contributed by atoms with E-state index in [9.17, 15) is 4.79 Å². The molecule has 0 aromatic carbocycles. The third-order valence-corrected chi connectivity index (χ3v) is 1.74. The smallest absolute Gasteiger partial charge is 0.310 e. The van der Waals surface area contributed by atoms with Crippen LogP contribution in [0.2, 0.25) is 0 Å². The fourth-order valence-electron chi connectivity index (χ4n) is 0.894. The number of carbonyl (C=O) groups excluding carboxylic acids is 1. The molecule has 0 aliphatic heterocycles. The van der Waals surface area contributed by atoms with Crippen molar-refractivity contribution in [2.75, 3.05) is 0 Å². The molecule has 6 nitrogen and oxygen atoms in total. The first-order chi connectivity index (χ1) is 8.11. The maximum absolute atomic E-state index is 11.0. The van der Waals surface area contributed by atoms with Gasteiger partial charge in [-0.2, -0.15) is 5.10 Å². The van der Waals surface area contributed by atoms with E-state index in [2.05, 4.69) is 27.7 Å². The van der Waals surface area contributed by atoms with E-state index in [-0.39, 0.29) is 11.1 Å². The fraction of sp³-hybridized carbons (Fsp3) is 0.200. The molecule has 3 N–H and O–H groups in total. The molecule has 17 heavy (non-hydrogen) atoms. The molecule has 0 fully saturated rings. The number of hydrogen-bond donors (Lipinski definition) is 2. The molecule has 0 aliphatic carbocycles. The van der Waals surface area contributed by atoms with E-state index in [4.69, 9.17) is 10.5 Å². The number of thiocarbonyl (C=S) groups is 1. The number of nitrogens with one attached hydrogen (secondary N) is 1. The molecule has 0 spiro atoms. The van der Waals surface area contributed by atoms with Crippen LogP contribution in [0.5, 0.6) is 5.75 Å². The number of hydrogen-bond acceptors (Lipinski definition) is 5. The molecule has 1 rings (SSSR count). The first-order valence-corrected chi connectivity index (χ1v) is 5.28. The number of esters is 1. The van der Waals surface area contributed by atoms with E-state index in [1.54, 1.807) is 19.1 Å². The Bertz CT molecular complexity index is 430. The quantitative estimate of drug-likeness (QED) is 0.352. The summed E-state index contributed by atoms with van der Waals surface area (Å²) in [6.07, 6.45) is 3.21. The molecular formula is C10H12N4O2S.